The van der Waals surface area contributed by atoms with Crippen molar-refractivity contribution in [1.29, 1.82) is 0 Å². The van der Waals surface area contributed by atoms with E-state index in [2.05, 4.69) is 10.6 Å². The lowest BCUT2D eigenvalue weighted by Gasteiger charge is -2.36. The Hall–Kier alpha value is -3.18. The first-order valence-corrected chi connectivity index (χ1v) is 10.8. The van der Waals surface area contributed by atoms with Gasteiger partial charge in [0.1, 0.15) is 18.0 Å². The Bertz CT molecular complexity index is 724. The van der Waals surface area contributed by atoms with E-state index in [1.165, 1.54) is 6.92 Å². The molecule has 4 N–H and O–H groups in total. The summed E-state index contributed by atoms with van der Waals surface area (Å²) in [5.41, 5.74) is -1.88. The van der Waals surface area contributed by atoms with Gasteiger partial charge in [-0.25, -0.2) is 9.59 Å². The van der Waals surface area contributed by atoms with Crippen molar-refractivity contribution in [3.8, 4) is 0 Å². The van der Waals surface area contributed by atoms with E-state index in [1.54, 1.807) is 20.8 Å². The predicted molar refractivity (Wildman–Crippen MR) is 114 cm³/mol. The largest absolute Gasteiger partial charge is 0.481 e. The van der Waals surface area contributed by atoms with Crippen molar-refractivity contribution in [3.05, 3.63) is 0 Å². The highest BCUT2D eigenvalue weighted by Crippen LogP contribution is 2.28. The lowest BCUT2D eigenvalue weighted by molar-refractivity contribution is -0.153. The van der Waals surface area contributed by atoms with Crippen molar-refractivity contribution in [2.24, 2.45) is 5.92 Å². The Labute approximate surface area is 192 Å². The summed E-state index contributed by atoms with van der Waals surface area (Å²) in [4.78, 5) is 71.7. The number of hydrogen-bond donors (Lipinski definition) is 4. The van der Waals surface area contributed by atoms with E-state index in [-0.39, 0.29) is 38.9 Å². The van der Waals surface area contributed by atoms with Gasteiger partial charge in [-0.15, -0.1) is 0 Å². The number of carboxylic acids is 2. The van der Waals surface area contributed by atoms with Crippen LogP contribution in [0.1, 0.15) is 66.2 Å². The van der Waals surface area contributed by atoms with Crippen molar-refractivity contribution in [3.63, 3.8) is 0 Å². The van der Waals surface area contributed by atoms with Gasteiger partial charge in [0.15, 0.2) is 0 Å². The first-order valence-electron chi connectivity index (χ1n) is 10.8. The molecule has 0 rings (SSSR count). The molecule has 3 atom stereocenters. The van der Waals surface area contributed by atoms with E-state index in [9.17, 15) is 33.9 Å². The van der Waals surface area contributed by atoms with E-state index in [0.29, 0.717) is 0 Å². The smallest absolute Gasteiger partial charge is 0.329 e. The quantitative estimate of drug-likeness (QED) is 0.182. The molecule has 0 heterocycles. The number of hydrogen-bond acceptors (Lipinski definition) is 8. The third-order valence-corrected chi connectivity index (χ3v) is 5.08. The van der Waals surface area contributed by atoms with E-state index in [0.717, 1.165) is 0 Å². The SMILES string of the molecule is CCOC(=O)CC[C@H](NC(=O)CC(=O)N[C@](CC)(C(=O)O)C(CC)CC(=O)O)C(=O)OCC. The van der Waals surface area contributed by atoms with Gasteiger partial charge in [0.25, 0.3) is 0 Å². The van der Waals surface area contributed by atoms with Gasteiger partial charge >= 0.3 is 23.9 Å². The third kappa shape index (κ3) is 9.87. The summed E-state index contributed by atoms with van der Waals surface area (Å²) >= 11 is 0. The molecule has 0 aliphatic heterocycles. The minimum absolute atomic E-state index is 0.0325. The fourth-order valence-corrected chi connectivity index (χ4v) is 3.41. The maximum Gasteiger partial charge on any atom is 0.329 e. The van der Waals surface area contributed by atoms with Crippen LogP contribution in [0.4, 0.5) is 0 Å². The van der Waals surface area contributed by atoms with Gasteiger partial charge in [-0.1, -0.05) is 13.8 Å². The van der Waals surface area contributed by atoms with Crippen LogP contribution in [0.3, 0.4) is 0 Å². The maximum absolute atomic E-state index is 12.5. The van der Waals surface area contributed by atoms with Gasteiger partial charge in [-0.3, -0.25) is 19.2 Å². The fourth-order valence-electron chi connectivity index (χ4n) is 3.41. The van der Waals surface area contributed by atoms with Crippen molar-refractivity contribution in [2.75, 3.05) is 13.2 Å². The number of ether oxygens (including phenoxy) is 2. The summed E-state index contributed by atoms with van der Waals surface area (Å²) in [5.74, 6) is -6.75. The maximum atomic E-state index is 12.5. The van der Waals surface area contributed by atoms with Crippen molar-refractivity contribution in [2.45, 2.75) is 77.8 Å². The molecule has 0 aliphatic rings. The Balaban J connectivity index is 5.35. The molecule has 0 fully saturated rings. The minimum Gasteiger partial charge on any atom is -0.481 e. The van der Waals surface area contributed by atoms with Crippen LogP contribution < -0.4 is 10.6 Å². The molecule has 12 nitrogen and oxygen atoms in total. The zero-order valence-electron chi connectivity index (χ0n) is 19.5. The number of nitrogens with one attached hydrogen (secondary N) is 2. The van der Waals surface area contributed by atoms with Gasteiger partial charge in [-0.2, -0.15) is 0 Å². The van der Waals surface area contributed by atoms with Gasteiger partial charge in [0.2, 0.25) is 11.8 Å². The molecule has 0 spiro atoms. The predicted octanol–water partition coefficient (Wildman–Crippen LogP) is 0.618. The fraction of sp³-hybridized carbons (Fsp3) is 0.714. The lowest BCUT2D eigenvalue weighted by Crippen LogP contribution is -2.60. The summed E-state index contributed by atoms with van der Waals surface area (Å²) in [5, 5.41) is 23.5. The van der Waals surface area contributed by atoms with Gasteiger partial charge in [0, 0.05) is 12.3 Å². The zero-order chi connectivity index (χ0) is 25.6. The molecule has 12 heteroatoms. The van der Waals surface area contributed by atoms with Crippen LogP contribution in [0.2, 0.25) is 0 Å². The average Bonchev–Trinajstić information content (AvgIpc) is 2.73. The lowest BCUT2D eigenvalue weighted by atomic mass is 9.77. The summed E-state index contributed by atoms with van der Waals surface area (Å²) in [6, 6.07) is -1.21. The first kappa shape index (κ1) is 29.8. The molecule has 0 aromatic rings. The molecule has 33 heavy (non-hydrogen) atoms. The van der Waals surface area contributed by atoms with Gasteiger partial charge < -0.3 is 30.3 Å². The van der Waals surface area contributed by atoms with Crippen molar-refractivity contribution in [1.82, 2.24) is 10.6 Å². The monoisotopic (exact) mass is 474 g/mol. The Morgan fingerprint density at radius 3 is 1.97 bits per heavy atom. The van der Waals surface area contributed by atoms with E-state index in [4.69, 9.17) is 14.6 Å². The minimum atomic E-state index is -1.88. The third-order valence-electron chi connectivity index (χ3n) is 5.08. The normalized spacial score (nSPS) is 14.2. The molecular weight excluding hydrogens is 440 g/mol. The second-order valence-electron chi connectivity index (χ2n) is 7.27. The van der Waals surface area contributed by atoms with E-state index in [1.807, 2.05) is 0 Å². The Morgan fingerprint density at radius 1 is 0.909 bits per heavy atom. The summed E-state index contributed by atoms with van der Waals surface area (Å²) in [6.45, 7) is 6.46. The summed E-state index contributed by atoms with van der Waals surface area (Å²) in [7, 11) is 0. The number of carbonyl (C=O) groups excluding carboxylic acids is 4. The van der Waals surface area contributed by atoms with Crippen LogP contribution in [0.5, 0.6) is 0 Å². The van der Waals surface area contributed by atoms with Crippen LogP contribution in [0.15, 0.2) is 0 Å². The van der Waals surface area contributed by atoms with Crippen LogP contribution in [-0.4, -0.2) is 70.7 Å². The number of amides is 2. The molecule has 0 saturated heterocycles. The number of esters is 2. The second kappa shape index (κ2) is 14.8. The molecule has 188 valence electrons. The highest BCUT2D eigenvalue weighted by molar-refractivity contribution is 6.00. The average molecular weight is 475 g/mol. The van der Waals surface area contributed by atoms with E-state index >= 15 is 0 Å². The van der Waals surface area contributed by atoms with Gasteiger partial charge in [0.05, 0.1) is 19.6 Å². The number of carbonyl (C=O) groups is 6. The standard InChI is InChI=1S/C21H34N2O10/c1-5-13(11-17(26)27)21(6-2,20(30)31)23-16(25)12-15(24)22-14(19(29)33-8-4)9-10-18(28)32-7-3/h13-14H,5-12H2,1-4H3,(H,22,24)(H,23,25)(H,26,27)(H,30,31)/t13?,14-,21-/m0/s1. The Morgan fingerprint density at radius 2 is 1.52 bits per heavy atom. The van der Waals surface area contributed by atoms with Crippen LogP contribution in [-0.2, 0) is 38.2 Å². The topological polar surface area (TPSA) is 185 Å². The summed E-state index contributed by atoms with van der Waals surface area (Å²) in [6.07, 6.45) is -1.52. The molecule has 1 unspecified atom stereocenters. The number of carboxylic acid groups (broad SMARTS) is 2. The molecule has 0 aromatic carbocycles. The van der Waals surface area contributed by atoms with E-state index < -0.39 is 66.0 Å². The van der Waals surface area contributed by atoms with Crippen molar-refractivity contribution < 1.29 is 48.5 Å². The summed E-state index contributed by atoms with van der Waals surface area (Å²) < 4.78 is 9.66. The molecule has 2 amide bonds. The van der Waals surface area contributed by atoms with Crippen molar-refractivity contribution >= 4 is 35.7 Å². The zero-order valence-corrected chi connectivity index (χ0v) is 19.5. The first-order chi connectivity index (χ1) is 15.5. The Kier molecular flexibility index (Phi) is 13.4. The molecule has 0 bridgehead atoms. The second-order valence-corrected chi connectivity index (χ2v) is 7.27. The number of aliphatic carboxylic acids is 2. The van der Waals surface area contributed by atoms with Gasteiger partial charge in [-0.05, 0) is 33.1 Å². The van der Waals surface area contributed by atoms with Crippen LogP contribution in [0.25, 0.3) is 0 Å². The molecule has 0 aromatic heterocycles. The van der Waals surface area contributed by atoms with Crippen LogP contribution in [0, 0.1) is 5.92 Å². The number of rotatable bonds is 16. The highest BCUT2D eigenvalue weighted by Gasteiger charge is 2.46. The molecule has 0 saturated carbocycles. The molecular formula is C21H34N2O10. The van der Waals surface area contributed by atoms with Crippen LogP contribution >= 0.6 is 0 Å². The molecule has 0 aliphatic carbocycles. The highest BCUT2D eigenvalue weighted by atomic mass is 16.5. The molecule has 0 radical (unpaired) electrons.